The molecule has 1 saturated heterocycles. The zero-order valence-electron chi connectivity index (χ0n) is 14.3. The van der Waals surface area contributed by atoms with E-state index in [1.807, 2.05) is 13.2 Å². The molecule has 6 heteroatoms. The van der Waals surface area contributed by atoms with Crippen molar-refractivity contribution in [1.82, 2.24) is 20.1 Å². The van der Waals surface area contributed by atoms with Crippen LogP contribution in [-0.2, 0) is 13.0 Å². The average Bonchev–Trinajstić information content (AvgIpc) is 2.97. The number of aryl methyl sites for hydroxylation is 1. The molecule has 0 unspecified atom stereocenters. The van der Waals surface area contributed by atoms with Crippen molar-refractivity contribution in [3.05, 3.63) is 16.1 Å². The molecule has 0 aliphatic carbocycles. The Hall–Kier alpha value is -1.14. The number of rotatable bonds is 5. The van der Waals surface area contributed by atoms with Gasteiger partial charge in [0.15, 0.2) is 5.96 Å². The Bertz CT molecular complexity index is 475. The Morgan fingerprint density at radius 2 is 2.09 bits per heavy atom. The van der Waals surface area contributed by atoms with Crippen LogP contribution in [0.5, 0.6) is 0 Å². The number of hydrogen-bond acceptors (Lipinski definition) is 4. The minimum absolute atomic E-state index is 0.738. The Labute approximate surface area is 138 Å². The molecule has 0 saturated carbocycles. The molecule has 1 aromatic rings. The number of piperazine rings is 1. The van der Waals surface area contributed by atoms with Gasteiger partial charge in [0, 0.05) is 50.8 Å². The van der Waals surface area contributed by atoms with E-state index < -0.39 is 0 Å². The van der Waals surface area contributed by atoms with E-state index in [1.165, 1.54) is 11.4 Å². The molecule has 2 rings (SSSR count). The number of aliphatic imine (C=N–C) groups is 1. The van der Waals surface area contributed by atoms with Crippen molar-refractivity contribution in [2.24, 2.45) is 10.9 Å². The maximum Gasteiger partial charge on any atom is 0.194 e. The van der Waals surface area contributed by atoms with Crippen LogP contribution in [0.2, 0.25) is 0 Å². The summed E-state index contributed by atoms with van der Waals surface area (Å²) < 4.78 is 0. The lowest BCUT2D eigenvalue weighted by Crippen LogP contribution is -2.52. The standard InChI is InChI=1S/C16H29N5S/c1-5-14-10-18-15(22-14)11-19-16(17-4)21-8-6-20(7-9-21)12-13(2)3/h10,13H,5-9,11-12H2,1-4H3,(H,17,19). The molecular formula is C16H29N5S. The van der Waals surface area contributed by atoms with E-state index in [1.54, 1.807) is 11.3 Å². The highest BCUT2D eigenvalue weighted by atomic mass is 32.1. The van der Waals surface area contributed by atoms with Crippen LogP contribution < -0.4 is 5.32 Å². The van der Waals surface area contributed by atoms with Crippen LogP contribution in [0.1, 0.15) is 30.7 Å². The summed E-state index contributed by atoms with van der Waals surface area (Å²) in [6, 6.07) is 0. The van der Waals surface area contributed by atoms with Crippen LogP contribution in [-0.4, -0.2) is 60.5 Å². The fourth-order valence-electron chi connectivity index (χ4n) is 2.74. The van der Waals surface area contributed by atoms with E-state index >= 15 is 0 Å². The third kappa shape index (κ3) is 4.95. The molecule has 0 bridgehead atoms. The highest BCUT2D eigenvalue weighted by Gasteiger charge is 2.19. The second-order valence-corrected chi connectivity index (χ2v) is 7.36. The Kier molecular flexibility index (Phi) is 6.64. The summed E-state index contributed by atoms with van der Waals surface area (Å²) in [6.07, 6.45) is 3.04. The number of hydrogen-bond donors (Lipinski definition) is 1. The van der Waals surface area contributed by atoms with Crippen molar-refractivity contribution in [3.63, 3.8) is 0 Å². The quantitative estimate of drug-likeness (QED) is 0.665. The van der Waals surface area contributed by atoms with Gasteiger partial charge in [0.25, 0.3) is 0 Å². The van der Waals surface area contributed by atoms with Gasteiger partial charge in [-0.25, -0.2) is 4.98 Å². The zero-order valence-corrected chi connectivity index (χ0v) is 15.1. The van der Waals surface area contributed by atoms with Gasteiger partial charge in [-0.05, 0) is 12.3 Å². The molecule has 1 aromatic heterocycles. The summed E-state index contributed by atoms with van der Waals surface area (Å²) in [5.41, 5.74) is 0. The SMILES string of the molecule is CCc1cnc(CNC(=NC)N2CCN(CC(C)C)CC2)s1. The van der Waals surface area contributed by atoms with E-state index in [2.05, 4.69) is 45.9 Å². The highest BCUT2D eigenvalue weighted by molar-refractivity contribution is 7.11. The number of thiazole rings is 1. The van der Waals surface area contributed by atoms with Crippen molar-refractivity contribution in [2.75, 3.05) is 39.8 Å². The van der Waals surface area contributed by atoms with Crippen LogP contribution in [0.15, 0.2) is 11.2 Å². The van der Waals surface area contributed by atoms with Crippen LogP contribution in [0.25, 0.3) is 0 Å². The van der Waals surface area contributed by atoms with Crippen molar-refractivity contribution in [1.29, 1.82) is 0 Å². The van der Waals surface area contributed by atoms with E-state index in [0.29, 0.717) is 0 Å². The average molecular weight is 324 g/mol. The normalized spacial score (nSPS) is 17.3. The number of aromatic nitrogens is 1. The lowest BCUT2D eigenvalue weighted by atomic mass is 10.2. The second kappa shape index (κ2) is 8.48. The molecule has 0 spiro atoms. The second-order valence-electron chi connectivity index (χ2n) is 6.16. The molecule has 0 radical (unpaired) electrons. The van der Waals surface area contributed by atoms with Crippen LogP contribution in [0, 0.1) is 5.92 Å². The Balaban J connectivity index is 1.80. The largest absolute Gasteiger partial charge is 0.350 e. The first-order valence-corrected chi connectivity index (χ1v) is 9.05. The molecule has 0 amide bonds. The van der Waals surface area contributed by atoms with Gasteiger partial charge in [0.05, 0.1) is 6.54 Å². The van der Waals surface area contributed by atoms with Crippen LogP contribution in [0.4, 0.5) is 0 Å². The van der Waals surface area contributed by atoms with Gasteiger partial charge in [0.1, 0.15) is 5.01 Å². The number of nitrogens with zero attached hydrogens (tertiary/aromatic N) is 4. The molecule has 1 aliphatic rings. The number of guanidine groups is 1. The summed E-state index contributed by atoms with van der Waals surface area (Å²) in [6.45, 7) is 13.0. The van der Waals surface area contributed by atoms with Crippen molar-refractivity contribution >= 4 is 17.3 Å². The minimum atomic E-state index is 0.738. The van der Waals surface area contributed by atoms with Gasteiger partial charge in [0.2, 0.25) is 0 Å². The first-order chi connectivity index (χ1) is 10.6. The smallest absolute Gasteiger partial charge is 0.194 e. The molecule has 22 heavy (non-hydrogen) atoms. The van der Waals surface area contributed by atoms with E-state index in [9.17, 15) is 0 Å². The molecule has 1 aliphatic heterocycles. The van der Waals surface area contributed by atoms with Gasteiger partial charge in [-0.1, -0.05) is 20.8 Å². The van der Waals surface area contributed by atoms with Gasteiger partial charge in [-0.15, -0.1) is 11.3 Å². The fraction of sp³-hybridized carbons (Fsp3) is 0.750. The third-order valence-electron chi connectivity index (χ3n) is 3.85. The summed E-state index contributed by atoms with van der Waals surface area (Å²) in [5.74, 6) is 1.74. The van der Waals surface area contributed by atoms with Gasteiger partial charge in [-0.2, -0.15) is 0 Å². The Morgan fingerprint density at radius 3 is 2.64 bits per heavy atom. The van der Waals surface area contributed by atoms with Crippen molar-refractivity contribution < 1.29 is 0 Å². The lowest BCUT2D eigenvalue weighted by molar-refractivity contribution is 0.164. The number of nitrogens with one attached hydrogen (secondary N) is 1. The van der Waals surface area contributed by atoms with Crippen LogP contribution >= 0.6 is 11.3 Å². The minimum Gasteiger partial charge on any atom is -0.350 e. The first-order valence-electron chi connectivity index (χ1n) is 8.24. The summed E-state index contributed by atoms with van der Waals surface area (Å²) >= 11 is 1.78. The van der Waals surface area contributed by atoms with Crippen LogP contribution in [0.3, 0.4) is 0 Å². The van der Waals surface area contributed by atoms with Gasteiger partial charge in [-0.3, -0.25) is 9.89 Å². The molecule has 0 aromatic carbocycles. The summed E-state index contributed by atoms with van der Waals surface area (Å²) in [7, 11) is 1.86. The maximum atomic E-state index is 4.46. The van der Waals surface area contributed by atoms with Gasteiger partial charge >= 0.3 is 0 Å². The first kappa shape index (κ1) is 17.2. The third-order valence-corrected chi connectivity index (χ3v) is 5.00. The van der Waals surface area contributed by atoms with E-state index in [4.69, 9.17) is 0 Å². The van der Waals surface area contributed by atoms with Crippen molar-refractivity contribution in [2.45, 2.75) is 33.7 Å². The van der Waals surface area contributed by atoms with Crippen molar-refractivity contribution in [3.8, 4) is 0 Å². The maximum absolute atomic E-state index is 4.46. The summed E-state index contributed by atoms with van der Waals surface area (Å²) in [5, 5.41) is 4.59. The molecular weight excluding hydrogens is 294 g/mol. The predicted molar refractivity (Wildman–Crippen MR) is 94.5 cm³/mol. The van der Waals surface area contributed by atoms with E-state index in [0.717, 1.165) is 56.0 Å². The molecule has 124 valence electrons. The zero-order chi connectivity index (χ0) is 15.9. The molecule has 1 N–H and O–H groups in total. The molecule has 1 fully saturated rings. The predicted octanol–water partition coefficient (Wildman–Crippen LogP) is 2.05. The Morgan fingerprint density at radius 1 is 1.36 bits per heavy atom. The summed E-state index contributed by atoms with van der Waals surface area (Å²) in [4.78, 5) is 15.1. The molecule has 5 nitrogen and oxygen atoms in total. The van der Waals surface area contributed by atoms with E-state index in [-0.39, 0.29) is 0 Å². The monoisotopic (exact) mass is 323 g/mol. The highest BCUT2D eigenvalue weighted by Crippen LogP contribution is 2.13. The molecule has 0 atom stereocenters. The molecule has 2 heterocycles. The lowest BCUT2D eigenvalue weighted by Gasteiger charge is -2.37. The topological polar surface area (TPSA) is 43.8 Å². The fourth-order valence-corrected chi connectivity index (χ4v) is 3.54. The van der Waals surface area contributed by atoms with Gasteiger partial charge < -0.3 is 10.2 Å².